The SMILES string of the molecule is Cc1c(N(Cc2cccc(Cl)c2)S(C)(=O)=O)c(=O)n(-c2ccccc2)n1C. The third kappa shape index (κ3) is 3.79. The van der Waals surface area contributed by atoms with Crippen molar-refractivity contribution in [1.82, 2.24) is 9.36 Å². The molecule has 0 unspecified atom stereocenters. The normalized spacial score (nSPS) is 11.6. The topological polar surface area (TPSA) is 64.3 Å². The molecule has 8 heteroatoms. The summed E-state index contributed by atoms with van der Waals surface area (Å²) in [4.78, 5) is 13.2. The number of hydrogen-bond acceptors (Lipinski definition) is 3. The zero-order valence-corrected chi connectivity index (χ0v) is 16.8. The summed E-state index contributed by atoms with van der Waals surface area (Å²) < 4.78 is 29.3. The van der Waals surface area contributed by atoms with Crippen molar-refractivity contribution in [3.8, 4) is 5.69 Å². The first-order valence-corrected chi connectivity index (χ1v) is 10.5. The lowest BCUT2D eigenvalue weighted by Crippen LogP contribution is -2.34. The van der Waals surface area contributed by atoms with Crippen molar-refractivity contribution in [2.75, 3.05) is 10.6 Å². The average Bonchev–Trinajstić information content (AvgIpc) is 2.82. The Kier molecular flexibility index (Phi) is 5.17. The van der Waals surface area contributed by atoms with Crippen molar-refractivity contribution >= 4 is 27.3 Å². The molecule has 0 fully saturated rings. The van der Waals surface area contributed by atoms with Crippen LogP contribution in [-0.2, 0) is 23.6 Å². The van der Waals surface area contributed by atoms with Crippen LogP contribution < -0.4 is 9.86 Å². The molecule has 0 saturated heterocycles. The van der Waals surface area contributed by atoms with Gasteiger partial charge in [0.25, 0.3) is 5.56 Å². The molecule has 1 heterocycles. The van der Waals surface area contributed by atoms with Gasteiger partial charge >= 0.3 is 0 Å². The predicted octanol–water partition coefficient (Wildman–Crippen LogP) is 3.10. The minimum absolute atomic E-state index is 0.0221. The van der Waals surface area contributed by atoms with Gasteiger partial charge in [-0.25, -0.2) is 13.1 Å². The van der Waals surface area contributed by atoms with Crippen molar-refractivity contribution in [2.45, 2.75) is 13.5 Å². The van der Waals surface area contributed by atoms with E-state index >= 15 is 0 Å². The fraction of sp³-hybridized carbons (Fsp3) is 0.211. The van der Waals surface area contributed by atoms with E-state index < -0.39 is 15.6 Å². The third-order valence-corrected chi connectivity index (χ3v) is 5.74. The molecule has 0 radical (unpaired) electrons. The number of anilines is 1. The lowest BCUT2D eigenvalue weighted by atomic mass is 10.2. The van der Waals surface area contributed by atoms with Gasteiger partial charge in [0, 0.05) is 12.1 Å². The molecule has 0 aliphatic rings. The van der Waals surface area contributed by atoms with Crippen molar-refractivity contribution in [3.63, 3.8) is 0 Å². The minimum Gasteiger partial charge on any atom is -0.283 e. The maximum Gasteiger partial charge on any atom is 0.296 e. The Morgan fingerprint density at radius 2 is 1.74 bits per heavy atom. The third-order valence-electron chi connectivity index (χ3n) is 4.39. The van der Waals surface area contributed by atoms with Crippen LogP contribution in [0.3, 0.4) is 0 Å². The molecule has 6 nitrogen and oxygen atoms in total. The lowest BCUT2D eigenvalue weighted by Gasteiger charge is -2.21. The van der Waals surface area contributed by atoms with E-state index in [2.05, 4.69) is 0 Å². The van der Waals surface area contributed by atoms with E-state index in [0.717, 1.165) is 10.6 Å². The highest BCUT2D eigenvalue weighted by Crippen LogP contribution is 2.23. The van der Waals surface area contributed by atoms with Crippen LogP contribution in [0.5, 0.6) is 0 Å². The van der Waals surface area contributed by atoms with Gasteiger partial charge in [0.05, 0.1) is 24.2 Å². The van der Waals surface area contributed by atoms with Gasteiger partial charge in [0.2, 0.25) is 10.0 Å². The van der Waals surface area contributed by atoms with Crippen LogP contribution >= 0.6 is 11.6 Å². The first-order chi connectivity index (χ1) is 12.7. The summed E-state index contributed by atoms with van der Waals surface area (Å²) in [6, 6.07) is 16.0. The van der Waals surface area contributed by atoms with Gasteiger partial charge in [0.15, 0.2) is 0 Å². The second kappa shape index (κ2) is 7.25. The molecule has 27 heavy (non-hydrogen) atoms. The number of para-hydroxylation sites is 1. The average molecular weight is 406 g/mol. The molecule has 0 saturated carbocycles. The molecule has 2 aromatic carbocycles. The number of hydrogen-bond donors (Lipinski definition) is 0. The monoisotopic (exact) mass is 405 g/mol. The lowest BCUT2D eigenvalue weighted by molar-refractivity contribution is 0.596. The van der Waals surface area contributed by atoms with Crippen molar-refractivity contribution in [2.24, 2.45) is 7.05 Å². The Morgan fingerprint density at radius 1 is 1.07 bits per heavy atom. The molecule has 0 spiro atoms. The largest absolute Gasteiger partial charge is 0.296 e. The van der Waals surface area contributed by atoms with Gasteiger partial charge in [-0.15, -0.1) is 0 Å². The van der Waals surface area contributed by atoms with Gasteiger partial charge in [-0.3, -0.25) is 13.8 Å². The Morgan fingerprint density at radius 3 is 2.33 bits per heavy atom. The summed E-state index contributed by atoms with van der Waals surface area (Å²) in [7, 11) is -1.97. The van der Waals surface area contributed by atoms with Gasteiger partial charge in [-0.05, 0) is 36.8 Å². The summed E-state index contributed by atoms with van der Waals surface area (Å²) in [5, 5.41) is 0.507. The van der Waals surface area contributed by atoms with Crippen LogP contribution in [-0.4, -0.2) is 24.0 Å². The van der Waals surface area contributed by atoms with Crippen LogP contribution in [0.25, 0.3) is 5.69 Å². The van der Waals surface area contributed by atoms with Gasteiger partial charge in [-0.2, -0.15) is 0 Å². The van der Waals surface area contributed by atoms with E-state index in [9.17, 15) is 13.2 Å². The van der Waals surface area contributed by atoms with Crippen LogP contribution in [0.4, 0.5) is 5.69 Å². The van der Waals surface area contributed by atoms with E-state index in [-0.39, 0.29) is 12.2 Å². The molecule has 1 aromatic heterocycles. The quantitative estimate of drug-likeness (QED) is 0.655. The fourth-order valence-electron chi connectivity index (χ4n) is 3.00. The zero-order valence-electron chi connectivity index (χ0n) is 15.3. The Balaban J connectivity index is 2.18. The number of benzene rings is 2. The Labute approximate surface area is 163 Å². The van der Waals surface area contributed by atoms with Gasteiger partial charge in [0.1, 0.15) is 5.69 Å². The highest BCUT2D eigenvalue weighted by Gasteiger charge is 2.27. The second-order valence-electron chi connectivity index (χ2n) is 6.31. The van der Waals surface area contributed by atoms with Crippen LogP contribution in [0.1, 0.15) is 11.3 Å². The Bertz CT molecular complexity index is 1130. The molecule has 0 bridgehead atoms. The summed E-state index contributed by atoms with van der Waals surface area (Å²) >= 11 is 6.02. The summed E-state index contributed by atoms with van der Waals surface area (Å²) in [6.07, 6.45) is 1.09. The van der Waals surface area contributed by atoms with Gasteiger partial charge in [-0.1, -0.05) is 41.9 Å². The summed E-state index contributed by atoms with van der Waals surface area (Å²) in [5.41, 5.74) is 1.64. The number of halogens is 1. The number of aromatic nitrogens is 2. The standard InChI is InChI=1S/C19H20ClN3O3S/c1-14-18(19(24)23(21(14)2)17-10-5-4-6-11-17)22(27(3,25)26)13-15-8-7-9-16(20)12-15/h4-12H,13H2,1-3H3. The molecule has 0 atom stereocenters. The van der Waals surface area contributed by atoms with Crippen molar-refractivity contribution in [3.05, 3.63) is 81.2 Å². The molecule has 0 amide bonds. The molecule has 0 N–H and O–H groups in total. The molecule has 142 valence electrons. The number of nitrogens with zero attached hydrogens (tertiary/aromatic N) is 3. The number of sulfonamides is 1. The van der Waals surface area contributed by atoms with Crippen molar-refractivity contribution in [1.29, 1.82) is 0 Å². The van der Waals surface area contributed by atoms with E-state index in [1.54, 1.807) is 55.1 Å². The molecule has 0 aliphatic heterocycles. The minimum atomic E-state index is -3.70. The van der Waals surface area contributed by atoms with Crippen LogP contribution in [0, 0.1) is 6.92 Å². The molecular formula is C19H20ClN3O3S. The van der Waals surface area contributed by atoms with E-state index in [4.69, 9.17) is 11.6 Å². The van der Waals surface area contributed by atoms with Gasteiger partial charge < -0.3 is 0 Å². The highest BCUT2D eigenvalue weighted by molar-refractivity contribution is 7.92. The Hall–Kier alpha value is -2.51. The smallest absolute Gasteiger partial charge is 0.283 e. The van der Waals surface area contributed by atoms with Crippen LogP contribution in [0.2, 0.25) is 5.02 Å². The van der Waals surface area contributed by atoms with Crippen molar-refractivity contribution < 1.29 is 8.42 Å². The fourth-order valence-corrected chi connectivity index (χ4v) is 4.14. The second-order valence-corrected chi connectivity index (χ2v) is 8.65. The maximum absolute atomic E-state index is 13.2. The van der Waals surface area contributed by atoms with Crippen LogP contribution in [0.15, 0.2) is 59.4 Å². The maximum atomic E-state index is 13.2. The molecule has 3 rings (SSSR count). The molecular weight excluding hydrogens is 386 g/mol. The van der Waals surface area contributed by atoms with E-state index in [1.807, 2.05) is 18.2 Å². The van der Waals surface area contributed by atoms with E-state index in [1.165, 1.54) is 4.68 Å². The molecule has 3 aromatic rings. The zero-order chi connectivity index (χ0) is 19.8. The molecule has 0 aliphatic carbocycles. The predicted molar refractivity (Wildman–Crippen MR) is 108 cm³/mol. The first kappa shape index (κ1) is 19.3. The summed E-state index contributed by atoms with van der Waals surface area (Å²) in [6.45, 7) is 1.75. The first-order valence-electron chi connectivity index (χ1n) is 8.26. The number of rotatable bonds is 5. The summed E-state index contributed by atoms with van der Waals surface area (Å²) in [5.74, 6) is 0. The van der Waals surface area contributed by atoms with E-state index in [0.29, 0.717) is 22.0 Å². The highest BCUT2D eigenvalue weighted by atomic mass is 35.5.